The van der Waals surface area contributed by atoms with Gasteiger partial charge in [0.1, 0.15) is 12.2 Å². The van der Waals surface area contributed by atoms with Crippen LogP contribution in [0.15, 0.2) is 170 Å². The molecule has 46 heavy (non-hydrogen) atoms. The zero-order valence-corrected chi connectivity index (χ0v) is 29.1. The summed E-state index contributed by atoms with van der Waals surface area (Å²) >= 11 is 0. The van der Waals surface area contributed by atoms with Gasteiger partial charge in [0.05, 0.1) is 0 Å². The van der Waals surface area contributed by atoms with Gasteiger partial charge in [-0.05, 0) is 58.8 Å². The Kier molecular flexibility index (Phi) is 9.62. The maximum absolute atomic E-state index is 7.74. The van der Waals surface area contributed by atoms with Gasteiger partial charge in [0.2, 0.25) is 0 Å². The molecule has 0 unspecified atom stereocenters. The maximum atomic E-state index is 7.74. The molecule has 2 nitrogen and oxygen atoms in total. The third-order valence-corrected chi connectivity index (χ3v) is 16.3. The van der Waals surface area contributed by atoms with E-state index in [1.54, 1.807) is 0 Å². The lowest BCUT2D eigenvalue weighted by Gasteiger charge is -2.41. The van der Waals surface area contributed by atoms with Crippen LogP contribution in [0.25, 0.3) is 0 Å². The Hall–Kier alpha value is -4.33. The summed E-state index contributed by atoms with van der Waals surface area (Å²) in [7, 11) is -5.53. The Morgan fingerprint density at radius 2 is 0.587 bits per heavy atom. The minimum absolute atomic E-state index is 0.375. The monoisotopic (exact) mass is 634 g/mol. The SMILES string of the molecule is Cc1ccc([C@@H](O[Si](C)(c2ccccc2)c2ccccc2)[C@H](O[Si](C)(c2ccccc2)c2ccccc2)c2ccc(C)cc2)cc1. The van der Waals surface area contributed by atoms with Gasteiger partial charge < -0.3 is 8.85 Å². The van der Waals surface area contributed by atoms with Crippen molar-refractivity contribution in [1.82, 2.24) is 0 Å². The van der Waals surface area contributed by atoms with Crippen LogP contribution in [0.5, 0.6) is 0 Å². The Morgan fingerprint density at radius 3 is 0.826 bits per heavy atom. The fraction of sp³-hybridized carbons (Fsp3) is 0.143. The molecule has 0 fully saturated rings. The highest BCUT2D eigenvalue weighted by molar-refractivity contribution is 6.97. The largest absolute Gasteiger partial charge is 0.398 e. The number of benzene rings is 6. The van der Waals surface area contributed by atoms with Crippen LogP contribution in [0, 0.1) is 13.8 Å². The van der Waals surface area contributed by atoms with E-state index < -0.39 is 16.6 Å². The van der Waals surface area contributed by atoms with Gasteiger partial charge in [0.15, 0.2) is 0 Å². The lowest BCUT2D eigenvalue weighted by molar-refractivity contribution is 0.0469. The van der Waals surface area contributed by atoms with E-state index in [-0.39, 0.29) is 12.2 Å². The van der Waals surface area contributed by atoms with E-state index >= 15 is 0 Å². The highest BCUT2D eigenvalue weighted by Gasteiger charge is 2.44. The van der Waals surface area contributed by atoms with Crippen molar-refractivity contribution in [1.29, 1.82) is 0 Å². The molecule has 4 heteroatoms. The first-order chi connectivity index (χ1) is 22.4. The molecule has 6 rings (SSSR count). The lowest BCUT2D eigenvalue weighted by atomic mass is 9.97. The van der Waals surface area contributed by atoms with Crippen molar-refractivity contribution in [2.75, 3.05) is 0 Å². The normalized spacial score (nSPS) is 13.2. The van der Waals surface area contributed by atoms with Crippen molar-refractivity contribution in [2.45, 2.75) is 39.1 Å². The molecule has 0 radical (unpaired) electrons. The molecular formula is C42H42O2Si2. The van der Waals surface area contributed by atoms with Crippen molar-refractivity contribution in [3.63, 3.8) is 0 Å². The van der Waals surface area contributed by atoms with Crippen LogP contribution in [0.4, 0.5) is 0 Å². The van der Waals surface area contributed by atoms with Gasteiger partial charge in [-0.1, -0.05) is 181 Å². The average molecular weight is 635 g/mol. The van der Waals surface area contributed by atoms with E-state index in [0.29, 0.717) is 0 Å². The van der Waals surface area contributed by atoms with E-state index in [1.165, 1.54) is 31.9 Å². The molecule has 0 bridgehead atoms. The van der Waals surface area contributed by atoms with Crippen molar-refractivity contribution < 1.29 is 8.85 Å². The van der Waals surface area contributed by atoms with Gasteiger partial charge in [-0.3, -0.25) is 0 Å². The third kappa shape index (κ3) is 6.76. The van der Waals surface area contributed by atoms with Crippen LogP contribution in [0.3, 0.4) is 0 Å². The molecule has 0 heterocycles. The number of rotatable bonds is 11. The zero-order chi connectivity index (χ0) is 32.0. The predicted molar refractivity (Wildman–Crippen MR) is 198 cm³/mol. The van der Waals surface area contributed by atoms with Crippen LogP contribution in [0.2, 0.25) is 13.1 Å². The van der Waals surface area contributed by atoms with Gasteiger partial charge >= 0.3 is 0 Å². The maximum Gasteiger partial charge on any atom is 0.253 e. The quantitative estimate of drug-likeness (QED) is 0.135. The molecule has 0 amide bonds. The molecule has 0 aliphatic carbocycles. The van der Waals surface area contributed by atoms with Crippen LogP contribution < -0.4 is 20.7 Å². The van der Waals surface area contributed by atoms with Crippen LogP contribution in [-0.4, -0.2) is 16.6 Å². The molecule has 0 saturated heterocycles. The Balaban J connectivity index is 1.57. The van der Waals surface area contributed by atoms with Gasteiger partial charge in [0.25, 0.3) is 16.6 Å². The molecule has 6 aromatic rings. The molecule has 0 aliphatic rings. The van der Waals surface area contributed by atoms with E-state index in [0.717, 1.165) is 11.1 Å². The van der Waals surface area contributed by atoms with Gasteiger partial charge in [-0.15, -0.1) is 0 Å². The molecule has 0 aliphatic heterocycles. The number of hydrogen-bond donors (Lipinski definition) is 0. The number of hydrogen-bond acceptors (Lipinski definition) is 2. The minimum atomic E-state index is -2.77. The van der Waals surface area contributed by atoms with Gasteiger partial charge in [0, 0.05) is 0 Å². The Bertz CT molecular complexity index is 1590. The summed E-state index contributed by atoms with van der Waals surface area (Å²) in [4.78, 5) is 0. The second kappa shape index (κ2) is 14.0. The van der Waals surface area contributed by atoms with E-state index in [2.05, 4.69) is 197 Å². The van der Waals surface area contributed by atoms with Crippen molar-refractivity contribution >= 4 is 37.4 Å². The molecule has 230 valence electrons. The van der Waals surface area contributed by atoms with Crippen molar-refractivity contribution in [3.8, 4) is 0 Å². The topological polar surface area (TPSA) is 18.5 Å². The summed E-state index contributed by atoms with van der Waals surface area (Å²) in [5.74, 6) is 0. The van der Waals surface area contributed by atoms with E-state index in [4.69, 9.17) is 8.85 Å². The second-order valence-corrected chi connectivity index (χ2v) is 19.3. The Morgan fingerprint density at radius 1 is 0.348 bits per heavy atom. The fourth-order valence-corrected chi connectivity index (χ4v) is 12.3. The van der Waals surface area contributed by atoms with Crippen molar-refractivity contribution in [2.24, 2.45) is 0 Å². The molecular weight excluding hydrogens is 593 g/mol. The summed E-state index contributed by atoms with van der Waals surface area (Å²) in [6, 6.07) is 60.7. The van der Waals surface area contributed by atoms with Crippen molar-refractivity contribution in [3.05, 3.63) is 192 Å². The van der Waals surface area contributed by atoms with Crippen LogP contribution in [-0.2, 0) is 8.85 Å². The summed E-state index contributed by atoms with van der Waals surface area (Å²) < 4.78 is 15.5. The predicted octanol–water partition coefficient (Wildman–Crippen LogP) is 7.90. The van der Waals surface area contributed by atoms with E-state index in [9.17, 15) is 0 Å². The minimum Gasteiger partial charge on any atom is -0.398 e. The highest BCUT2D eigenvalue weighted by atomic mass is 28.4. The smallest absolute Gasteiger partial charge is 0.253 e. The first-order valence-corrected chi connectivity index (χ1v) is 20.9. The molecule has 0 spiro atoms. The Labute approximate surface area is 276 Å². The van der Waals surface area contributed by atoms with Gasteiger partial charge in [-0.25, -0.2) is 0 Å². The summed E-state index contributed by atoms with van der Waals surface area (Å²) in [5, 5.41) is 4.92. The molecule has 2 atom stereocenters. The van der Waals surface area contributed by atoms with Crippen LogP contribution >= 0.6 is 0 Å². The zero-order valence-electron chi connectivity index (χ0n) is 27.1. The second-order valence-electron chi connectivity index (χ2n) is 12.4. The molecule has 0 N–H and O–H groups in total. The molecule has 0 aromatic heterocycles. The third-order valence-electron chi connectivity index (χ3n) is 9.11. The fourth-order valence-electron chi connectivity index (χ4n) is 6.26. The van der Waals surface area contributed by atoms with Gasteiger partial charge in [-0.2, -0.15) is 0 Å². The molecule has 0 saturated carbocycles. The average Bonchev–Trinajstić information content (AvgIpc) is 3.12. The summed E-state index contributed by atoms with van der Waals surface area (Å²) in [5.41, 5.74) is 4.65. The highest BCUT2D eigenvalue weighted by Crippen LogP contribution is 2.39. The summed E-state index contributed by atoms with van der Waals surface area (Å²) in [6.07, 6.45) is -0.751. The van der Waals surface area contributed by atoms with Crippen LogP contribution in [0.1, 0.15) is 34.5 Å². The standard InChI is InChI=1S/C42H42O2Si2/c1-33-25-29-35(30-26-33)41(43-45(3,37-17-9-5-10-18-37)38-19-11-6-12-20-38)42(36-31-27-34(2)28-32-36)44-46(4,39-21-13-7-14-22-39)40-23-15-8-16-24-40/h5-32,41-42H,1-4H3/t41-,42-/m1/s1. The summed E-state index contributed by atoms with van der Waals surface area (Å²) in [6.45, 7) is 8.93. The first kappa shape index (κ1) is 31.6. The first-order valence-electron chi connectivity index (χ1n) is 16.1. The molecule has 6 aromatic carbocycles. The van der Waals surface area contributed by atoms with E-state index in [1.807, 2.05) is 0 Å². The number of aryl methyl sites for hydroxylation is 2. The lowest BCUT2D eigenvalue weighted by Crippen LogP contribution is -2.61.